The number of hydrogen-bond donors (Lipinski definition) is 2. The Labute approximate surface area is 160 Å². The van der Waals surface area contributed by atoms with Gasteiger partial charge in [0.1, 0.15) is 5.57 Å². The molecule has 10 heteroatoms. The number of carbonyl (C=O) groups is 4. The quantitative estimate of drug-likeness (QED) is 0.523. The molecule has 2 fully saturated rings. The molecule has 0 atom stereocenters. The lowest BCUT2D eigenvalue weighted by atomic mass is 10.1. The monoisotopic (exact) mass is 389 g/mol. The van der Waals surface area contributed by atoms with Crippen LogP contribution in [0.15, 0.2) is 23.8 Å². The minimum atomic E-state index is -0.863. The highest BCUT2D eigenvalue weighted by molar-refractivity contribution is 6.31. The maximum atomic E-state index is 12.2. The maximum absolute atomic E-state index is 12.2. The van der Waals surface area contributed by atoms with E-state index in [1.165, 1.54) is 13.2 Å². The molecule has 28 heavy (non-hydrogen) atoms. The Kier molecular flexibility index (Phi) is 5.90. The molecular weight excluding hydrogens is 370 g/mol. The van der Waals surface area contributed by atoms with Crippen LogP contribution in [0.3, 0.4) is 0 Å². The fraction of sp³-hybridized carbons (Fsp3) is 0.333. The molecule has 2 N–H and O–H groups in total. The molecule has 1 aromatic rings. The van der Waals surface area contributed by atoms with E-state index in [2.05, 4.69) is 0 Å². The fourth-order valence-corrected chi connectivity index (χ4v) is 2.71. The van der Waals surface area contributed by atoms with E-state index in [9.17, 15) is 19.2 Å². The molecule has 3 rings (SSSR count). The van der Waals surface area contributed by atoms with Gasteiger partial charge in [0.25, 0.3) is 17.7 Å². The summed E-state index contributed by atoms with van der Waals surface area (Å²) < 4.78 is 16.0. The number of rotatable bonds is 5. The number of amides is 5. The summed E-state index contributed by atoms with van der Waals surface area (Å²) in [5, 5.41) is 4.00. The summed E-state index contributed by atoms with van der Waals surface area (Å²) in [6, 6.07) is 3.86. The van der Waals surface area contributed by atoms with Crippen molar-refractivity contribution in [3.8, 4) is 11.5 Å². The lowest BCUT2D eigenvalue weighted by molar-refractivity contribution is -0.137. The molecule has 1 aromatic carbocycles. The highest BCUT2D eigenvalue weighted by atomic mass is 16.5. The van der Waals surface area contributed by atoms with Crippen LogP contribution in [0.4, 0.5) is 4.79 Å². The minimum absolute atomic E-state index is 0.149. The van der Waals surface area contributed by atoms with Gasteiger partial charge in [-0.15, -0.1) is 0 Å². The Morgan fingerprint density at radius 2 is 1.82 bits per heavy atom. The second-order valence-corrected chi connectivity index (χ2v) is 5.99. The van der Waals surface area contributed by atoms with Crippen molar-refractivity contribution in [2.45, 2.75) is 0 Å². The van der Waals surface area contributed by atoms with Crippen molar-refractivity contribution in [1.29, 1.82) is 0 Å². The highest BCUT2D eigenvalue weighted by Gasteiger charge is 2.27. The van der Waals surface area contributed by atoms with E-state index in [1.54, 1.807) is 23.1 Å². The Balaban J connectivity index is 1.70. The number of carbonyl (C=O) groups excluding carboxylic acids is 4. The molecule has 0 bridgehead atoms. The molecule has 5 amide bonds. The second-order valence-electron chi connectivity index (χ2n) is 5.99. The van der Waals surface area contributed by atoms with E-state index in [0.717, 1.165) is 0 Å². The summed E-state index contributed by atoms with van der Waals surface area (Å²) in [5.41, 5.74) is 0.274. The van der Waals surface area contributed by atoms with Crippen molar-refractivity contribution in [1.82, 2.24) is 15.5 Å². The van der Waals surface area contributed by atoms with E-state index in [1.807, 2.05) is 10.6 Å². The number of barbiturate groups is 1. The van der Waals surface area contributed by atoms with Crippen molar-refractivity contribution in [3.05, 3.63) is 29.3 Å². The van der Waals surface area contributed by atoms with Crippen molar-refractivity contribution in [3.63, 3.8) is 0 Å². The number of methoxy groups -OCH3 is 1. The van der Waals surface area contributed by atoms with Crippen LogP contribution in [0.1, 0.15) is 5.56 Å². The van der Waals surface area contributed by atoms with Gasteiger partial charge in [-0.1, -0.05) is 6.07 Å². The summed E-state index contributed by atoms with van der Waals surface area (Å²) in [5.74, 6) is -1.05. The van der Waals surface area contributed by atoms with Crippen molar-refractivity contribution >= 4 is 29.8 Å². The molecule has 2 aliphatic heterocycles. The third-order valence-corrected chi connectivity index (χ3v) is 4.16. The smallest absolute Gasteiger partial charge is 0.328 e. The second kappa shape index (κ2) is 8.53. The summed E-state index contributed by atoms with van der Waals surface area (Å²) in [6.07, 6.45) is 1.32. The number of nitrogens with one attached hydrogen (secondary N) is 2. The maximum Gasteiger partial charge on any atom is 0.328 e. The SMILES string of the molecule is COc1cc(C=C2C(=O)NC(=O)NC2=O)ccc1OCC(=O)N1CCOCC1. The van der Waals surface area contributed by atoms with E-state index < -0.39 is 17.8 Å². The average Bonchev–Trinajstić information content (AvgIpc) is 2.69. The van der Waals surface area contributed by atoms with Gasteiger partial charge >= 0.3 is 6.03 Å². The van der Waals surface area contributed by atoms with Crippen LogP contribution in [-0.2, 0) is 19.1 Å². The molecule has 0 aromatic heterocycles. The number of urea groups is 1. The van der Waals surface area contributed by atoms with Crippen molar-refractivity contribution in [2.24, 2.45) is 0 Å². The van der Waals surface area contributed by atoms with Gasteiger partial charge in [0, 0.05) is 13.1 Å². The van der Waals surface area contributed by atoms with E-state index in [-0.39, 0.29) is 18.1 Å². The van der Waals surface area contributed by atoms with Gasteiger partial charge in [-0.3, -0.25) is 25.0 Å². The number of hydrogen-bond acceptors (Lipinski definition) is 7. The Hall–Kier alpha value is -3.40. The van der Waals surface area contributed by atoms with Crippen LogP contribution in [0.2, 0.25) is 0 Å². The van der Waals surface area contributed by atoms with Crippen LogP contribution in [0, 0.1) is 0 Å². The molecule has 10 nitrogen and oxygen atoms in total. The largest absolute Gasteiger partial charge is 0.493 e. The van der Waals surface area contributed by atoms with Gasteiger partial charge in [0.2, 0.25) is 0 Å². The van der Waals surface area contributed by atoms with Gasteiger partial charge < -0.3 is 19.1 Å². The number of imide groups is 2. The van der Waals surface area contributed by atoms with Crippen molar-refractivity contribution < 1.29 is 33.4 Å². The molecule has 148 valence electrons. The zero-order valence-corrected chi connectivity index (χ0v) is 15.1. The normalized spacial score (nSPS) is 17.0. The third-order valence-electron chi connectivity index (χ3n) is 4.16. The average molecular weight is 389 g/mol. The van der Waals surface area contributed by atoms with Crippen LogP contribution in [0.5, 0.6) is 11.5 Å². The van der Waals surface area contributed by atoms with E-state index in [0.29, 0.717) is 43.4 Å². The predicted octanol–water partition coefficient (Wildman–Crippen LogP) is -0.318. The van der Waals surface area contributed by atoms with Gasteiger partial charge in [-0.05, 0) is 23.8 Å². The van der Waals surface area contributed by atoms with Crippen LogP contribution < -0.4 is 20.1 Å². The predicted molar refractivity (Wildman–Crippen MR) is 95.5 cm³/mol. The molecular formula is C18H19N3O7. The first-order chi connectivity index (χ1) is 13.5. The number of nitrogens with zero attached hydrogens (tertiary/aromatic N) is 1. The zero-order valence-electron chi connectivity index (χ0n) is 15.1. The topological polar surface area (TPSA) is 123 Å². The lowest BCUT2D eigenvalue weighted by Gasteiger charge is -2.26. The Morgan fingerprint density at radius 3 is 2.46 bits per heavy atom. The first kappa shape index (κ1) is 19.4. The van der Waals surface area contributed by atoms with Gasteiger partial charge in [-0.25, -0.2) is 4.79 Å². The van der Waals surface area contributed by atoms with Crippen LogP contribution in [0.25, 0.3) is 6.08 Å². The molecule has 0 spiro atoms. The van der Waals surface area contributed by atoms with E-state index in [4.69, 9.17) is 14.2 Å². The van der Waals surface area contributed by atoms with Crippen LogP contribution in [-0.4, -0.2) is 68.7 Å². The summed E-state index contributed by atoms with van der Waals surface area (Å²) >= 11 is 0. The zero-order chi connectivity index (χ0) is 20.1. The standard InChI is InChI=1S/C18H19N3O7/c1-26-14-9-11(8-12-16(23)19-18(25)20-17(12)24)2-3-13(14)28-10-15(22)21-4-6-27-7-5-21/h2-3,8-9H,4-7,10H2,1H3,(H2,19,20,23,24,25). The first-order valence-electron chi connectivity index (χ1n) is 8.52. The molecule has 2 saturated heterocycles. The molecule has 0 radical (unpaired) electrons. The number of morpholine rings is 1. The first-order valence-corrected chi connectivity index (χ1v) is 8.52. The van der Waals surface area contributed by atoms with Crippen LogP contribution >= 0.6 is 0 Å². The minimum Gasteiger partial charge on any atom is -0.493 e. The molecule has 0 saturated carbocycles. The highest BCUT2D eigenvalue weighted by Crippen LogP contribution is 2.29. The molecule has 2 aliphatic rings. The number of benzene rings is 1. The van der Waals surface area contributed by atoms with Gasteiger partial charge in [0.15, 0.2) is 18.1 Å². The lowest BCUT2D eigenvalue weighted by Crippen LogP contribution is -2.51. The number of ether oxygens (including phenoxy) is 3. The summed E-state index contributed by atoms with van der Waals surface area (Å²) in [4.78, 5) is 48.5. The third kappa shape index (κ3) is 4.46. The summed E-state index contributed by atoms with van der Waals surface area (Å²) in [6.45, 7) is 1.91. The van der Waals surface area contributed by atoms with E-state index >= 15 is 0 Å². The Bertz CT molecular complexity index is 822. The van der Waals surface area contributed by atoms with Crippen molar-refractivity contribution in [2.75, 3.05) is 40.0 Å². The van der Waals surface area contributed by atoms with Gasteiger partial charge in [0.05, 0.1) is 20.3 Å². The molecule has 0 unspecified atom stereocenters. The van der Waals surface area contributed by atoms with Gasteiger partial charge in [-0.2, -0.15) is 0 Å². The Morgan fingerprint density at radius 1 is 1.14 bits per heavy atom. The molecule has 2 heterocycles. The molecule has 0 aliphatic carbocycles. The fourth-order valence-electron chi connectivity index (χ4n) is 2.71. The summed E-state index contributed by atoms with van der Waals surface area (Å²) in [7, 11) is 1.43.